The molecule has 0 unspecified atom stereocenters. The van der Waals surface area contributed by atoms with Gasteiger partial charge in [-0.25, -0.2) is 9.78 Å². The molecule has 2 fully saturated rings. The summed E-state index contributed by atoms with van der Waals surface area (Å²) in [6.45, 7) is 8.07. The molecule has 1 aliphatic heterocycles. The van der Waals surface area contributed by atoms with Crippen LogP contribution in [-0.2, 0) is 17.8 Å². The molecule has 0 N–H and O–H groups in total. The molecular weight excluding hydrogens is 402 g/mol. The first-order valence-electron chi connectivity index (χ1n) is 11.7. The van der Waals surface area contributed by atoms with Crippen LogP contribution in [0.2, 0.25) is 0 Å². The number of pyridine rings is 1. The lowest BCUT2D eigenvalue weighted by atomic mass is 10.1. The second-order valence-corrected chi connectivity index (χ2v) is 9.02. The van der Waals surface area contributed by atoms with E-state index >= 15 is 0 Å². The van der Waals surface area contributed by atoms with Crippen molar-refractivity contribution in [3.05, 3.63) is 64.2 Å². The van der Waals surface area contributed by atoms with Crippen molar-refractivity contribution in [2.45, 2.75) is 64.5 Å². The van der Waals surface area contributed by atoms with Crippen LogP contribution in [0.5, 0.6) is 0 Å². The third-order valence-electron chi connectivity index (χ3n) is 6.87. The second kappa shape index (κ2) is 8.45. The minimum absolute atomic E-state index is 0.00676. The highest BCUT2D eigenvalue weighted by atomic mass is 16.2. The van der Waals surface area contributed by atoms with Crippen LogP contribution < -0.4 is 5.69 Å². The van der Waals surface area contributed by atoms with Gasteiger partial charge >= 0.3 is 5.69 Å². The van der Waals surface area contributed by atoms with E-state index in [1.807, 2.05) is 40.8 Å². The number of fused-ring (bicyclic) bond motifs is 1. The Morgan fingerprint density at radius 2 is 2.00 bits per heavy atom. The predicted octanol–water partition coefficient (Wildman–Crippen LogP) is 3.58. The molecule has 0 radical (unpaired) electrons. The summed E-state index contributed by atoms with van der Waals surface area (Å²) in [6.07, 6.45) is 10.3. The number of nitrogens with zero attached hydrogens (tertiary/aromatic N) is 5. The minimum Gasteiger partial charge on any atom is -0.343 e. The van der Waals surface area contributed by atoms with E-state index in [1.54, 1.807) is 10.6 Å². The number of piperidine rings is 1. The number of amides is 1. The van der Waals surface area contributed by atoms with Gasteiger partial charge < -0.3 is 9.30 Å². The van der Waals surface area contributed by atoms with Gasteiger partial charge in [-0.05, 0) is 63.7 Å². The first-order valence-corrected chi connectivity index (χ1v) is 11.7. The van der Waals surface area contributed by atoms with E-state index in [0.717, 1.165) is 67.2 Å². The van der Waals surface area contributed by atoms with E-state index in [2.05, 4.69) is 11.0 Å². The van der Waals surface area contributed by atoms with Gasteiger partial charge in [-0.15, -0.1) is 0 Å². The highest BCUT2D eigenvalue weighted by Crippen LogP contribution is 2.35. The van der Waals surface area contributed by atoms with E-state index < -0.39 is 0 Å². The van der Waals surface area contributed by atoms with E-state index in [-0.39, 0.29) is 11.6 Å². The first kappa shape index (κ1) is 20.8. The Morgan fingerprint density at radius 3 is 2.72 bits per heavy atom. The van der Waals surface area contributed by atoms with Crippen LogP contribution in [-0.4, -0.2) is 42.4 Å². The maximum absolute atomic E-state index is 13.2. The molecule has 3 aromatic rings. The van der Waals surface area contributed by atoms with Crippen LogP contribution in [0, 0.1) is 6.92 Å². The fourth-order valence-corrected chi connectivity index (χ4v) is 5.03. The zero-order chi connectivity index (χ0) is 22.2. The molecule has 2 aliphatic rings. The molecule has 168 valence electrons. The van der Waals surface area contributed by atoms with Crippen molar-refractivity contribution in [3.8, 4) is 0 Å². The van der Waals surface area contributed by atoms with Gasteiger partial charge in [-0.1, -0.05) is 12.6 Å². The van der Waals surface area contributed by atoms with Crippen LogP contribution in [0.25, 0.3) is 11.7 Å². The van der Waals surface area contributed by atoms with Crippen molar-refractivity contribution >= 4 is 17.6 Å². The molecule has 32 heavy (non-hydrogen) atoms. The van der Waals surface area contributed by atoms with Gasteiger partial charge in [0, 0.05) is 43.1 Å². The summed E-state index contributed by atoms with van der Waals surface area (Å²) < 4.78 is 5.76. The van der Waals surface area contributed by atoms with E-state index in [4.69, 9.17) is 4.98 Å². The highest BCUT2D eigenvalue weighted by Gasteiger charge is 2.30. The lowest BCUT2D eigenvalue weighted by Crippen LogP contribution is -2.35. The summed E-state index contributed by atoms with van der Waals surface area (Å²) in [5.74, 6) is 0.209. The largest absolute Gasteiger partial charge is 0.343 e. The average Bonchev–Trinajstić information content (AvgIpc) is 3.54. The number of aryl methyl sites for hydroxylation is 1. The lowest BCUT2D eigenvalue weighted by Gasteiger charge is -2.26. The van der Waals surface area contributed by atoms with Gasteiger partial charge in [-0.2, -0.15) is 0 Å². The zero-order valence-electron chi connectivity index (χ0n) is 18.8. The highest BCUT2D eigenvalue weighted by molar-refractivity contribution is 5.76. The molecule has 0 atom stereocenters. The smallest absolute Gasteiger partial charge is 0.329 e. The molecule has 4 heterocycles. The second-order valence-electron chi connectivity index (χ2n) is 9.02. The Balaban J connectivity index is 1.47. The first-order chi connectivity index (χ1) is 15.6. The molecule has 1 saturated carbocycles. The van der Waals surface area contributed by atoms with E-state index in [9.17, 15) is 9.59 Å². The van der Waals surface area contributed by atoms with Gasteiger partial charge in [-0.3, -0.25) is 13.9 Å². The zero-order valence-corrected chi connectivity index (χ0v) is 18.8. The van der Waals surface area contributed by atoms with E-state index in [1.165, 1.54) is 6.42 Å². The number of carbonyl (C=O) groups is 1. The fourth-order valence-electron chi connectivity index (χ4n) is 5.03. The molecule has 1 amide bonds. The third kappa shape index (κ3) is 3.70. The monoisotopic (exact) mass is 433 g/mol. The predicted molar refractivity (Wildman–Crippen MR) is 125 cm³/mol. The van der Waals surface area contributed by atoms with Crippen LogP contribution in [0.3, 0.4) is 0 Å². The number of rotatable bonds is 7. The number of hydrogen-bond donors (Lipinski definition) is 0. The van der Waals surface area contributed by atoms with Crippen molar-refractivity contribution in [2.24, 2.45) is 0 Å². The molecule has 7 nitrogen and oxygen atoms in total. The van der Waals surface area contributed by atoms with E-state index in [0.29, 0.717) is 25.4 Å². The Bertz CT molecular complexity index is 1220. The quantitative estimate of drug-likeness (QED) is 0.572. The normalized spacial score (nSPS) is 16.6. The Kier molecular flexibility index (Phi) is 5.49. The van der Waals surface area contributed by atoms with Gasteiger partial charge in [0.15, 0.2) is 0 Å². The van der Waals surface area contributed by atoms with Crippen molar-refractivity contribution < 1.29 is 4.79 Å². The molecule has 1 aliphatic carbocycles. The molecule has 7 heteroatoms. The standard InChI is InChI=1S/C25H31N5O2/c1-3-21-18(2)30(19-10-11-19)25(32)29(21)17-20-22(28-16-8-5-9-23(28)26-20)12-13-24(31)27-14-6-4-7-15-27/h3,5,8-9,16,19H,1,4,6-7,10-15,17H2,2H3. The Hall–Kier alpha value is -3.09. The van der Waals surface area contributed by atoms with Gasteiger partial charge in [0.1, 0.15) is 5.65 Å². The maximum Gasteiger partial charge on any atom is 0.329 e. The molecule has 1 saturated heterocycles. The Morgan fingerprint density at radius 1 is 1.22 bits per heavy atom. The van der Waals surface area contributed by atoms with Gasteiger partial charge in [0.2, 0.25) is 5.91 Å². The third-order valence-corrected chi connectivity index (χ3v) is 6.87. The summed E-state index contributed by atoms with van der Waals surface area (Å²) in [6, 6.07) is 6.22. The molecule has 3 aromatic heterocycles. The van der Waals surface area contributed by atoms with Crippen LogP contribution in [0.1, 0.15) is 67.3 Å². The van der Waals surface area contributed by atoms with Crippen LogP contribution in [0.4, 0.5) is 0 Å². The summed E-state index contributed by atoms with van der Waals surface area (Å²) in [7, 11) is 0. The van der Waals surface area contributed by atoms with Crippen molar-refractivity contribution in [1.29, 1.82) is 0 Å². The topological polar surface area (TPSA) is 64.5 Å². The van der Waals surface area contributed by atoms with Gasteiger partial charge in [0.05, 0.1) is 17.9 Å². The van der Waals surface area contributed by atoms with Crippen molar-refractivity contribution in [3.63, 3.8) is 0 Å². The molecule has 0 bridgehead atoms. The van der Waals surface area contributed by atoms with Gasteiger partial charge in [0.25, 0.3) is 0 Å². The van der Waals surface area contributed by atoms with Crippen LogP contribution in [0.15, 0.2) is 35.8 Å². The molecule has 5 rings (SSSR count). The van der Waals surface area contributed by atoms with Crippen LogP contribution >= 0.6 is 0 Å². The summed E-state index contributed by atoms with van der Waals surface area (Å²) in [4.78, 5) is 32.9. The number of carbonyl (C=O) groups excluding carboxylic acids is 1. The SMILES string of the molecule is C=Cc1c(C)n(C2CC2)c(=O)n1Cc1nc2ccccn2c1CCC(=O)N1CCCCC1. The van der Waals surface area contributed by atoms with Crippen molar-refractivity contribution in [2.75, 3.05) is 13.1 Å². The molecule has 0 spiro atoms. The summed E-state index contributed by atoms with van der Waals surface area (Å²) >= 11 is 0. The summed E-state index contributed by atoms with van der Waals surface area (Å²) in [5, 5.41) is 0. The number of hydrogen-bond acceptors (Lipinski definition) is 3. The number of aromatic nitrogens is 4. The Labute approximate surface area is 188 Å². The number of imidazole rings is 2. The average molecular weight is 434 g/mol. The minimum atomic E-state index is 0.00676. The molecule has 0 aromatic carbocycles. The van der Waals surface area contributed by atoms with Crippen molar-refractivity contribution in [1.82, 2.24) is 23.4 Å². The maximum atomic E-state index is 13.2. The number of likely N-dealkylation sites (tertiary alicyclic amines) is 1. The lowest BCUT2D eigenvalue weighted by molar-refractivity contribution is -0.132. The fraction of sp³-hybridized carbons (Fsp3) is 0.480. The molecular formula is C25H31N5O2. The summed E-state index contributed by atoms with van der Waals surface area (Å²) in [5.41, 5.74) is 4.53.